The van der Waals surface area contributed by atoms with Crippen molar-refractivity contribution in [3.05, 3.63) is 18.2 Å². The summed E-state index contributed by atoms with van der Waals surface area (Å²) in [4.78, 5) is 18.4. The smallest absolute Gasteiger partial charge is 0.237 e. The molecule has 1 N–H and O–H groups in total. The van der Waals surface area contributed by atoms with Crippen LogP contribution >= 0.6 is 0 Å². The molecule has 5 nitrogen and oxygen atoms in total. The van der Waals surface area contributed by atoms with Gasteiger partial charge in [-0.1, -0.05) is 6.92 Å². The highest BCUT2D eigenvalue weighted by Gasteiger charge is 2.32. The molecular weight excluding hydrogens is 228 g/mol. The molecule has 1 aromatic heterocycles. The third-order valence-electron chi connectivity index (χ3n) is 3.24. The van der Waals surface area contributed by atoms with Crippen molar-refractivity contribution in [2.75, 3.05) is 13.1 Å². The minimum Gasteiger partial charge on any atom is -0.337 e. The van der Waals surface area contributed by atoms with Gasteiger partial charge in [-0.25, -0.2) is 4.98 Å². The Hall–Kier alpha value is -1.36. The first-order valence-corrected chi connectivity index (χ1v) is 6.68. The molecule has 0 saturated heterocycles. The van der Waals surface area contributed by atoms with Crippen LogP contribution in [0.4, 0.5) is 0 Å². The van der Waals surface area contributed by atoms with Crippen LogP contribution in [0.2, 0.25) is 0 Å². The lowest BCUT2D eigenvalue weighted by molar-refractivity contribution is -0.131. The number of aromatic nitrogens is 2. The molecule has 0 aromatic carbocycles. The summed E-state index contributed by atoms with van der Waals surface area (Å²) < 4.78 is 1.97. The molecule has 0 radical (unpaired) electrons. The summed E-state index contributed by atoms with van der Waals surface area (Å²) in [6.45, 7) is 4.06. The van der Waals surface area contributed by atoms with E-state index in [4.69, 9.17) is 0 Å². The fourth-order valence-corrected chi connectivity index (χ4v) is 1.98. The lowest BCUT2D eigenvalue weighted by atomic mass is 10.4. The molecule has 0 atom stereocenters. The first kappa shape index (κ1) is 13.1. The van der Waals surface area contributed by atoms with Crippen molar-refractivity contribution in [3.8, 4) is 0 Å². The highest BCUT2D eigenvalue weighted by Crippen LogP contribution is 2.28. The molecule has 1 amide bonds. The van der Waals surface area contributed by atoms with E-state index in [0.717, 1.165) is 31.6 Å². The highest BCUT2D eigenvalue weighted by atomic mass is 16.2. The number of nitrogens with one attached hydrogen (secondary N) is 1. The van der Waals surface area contributed by atoms with Gasteiger partial charge in [0.05, 0.1) is 13.1 Å². The molecule has 1 heterocycles. The average Bonchev–Trinajstić information content (AvgIpc) is 3.11. The molecular formula is C13H22N4O. The zero-order valence-electron chi connectivity index (χ0n) is 11.2. The maximum atomic E-state index is 12.2. The van der Waals surface area contributed by atoms with Gasteiger partial charge in [0.2, 0.25) is 5.91 Å². The van der Waals surface area contributed by atoms with Crippen LogP contribution in [0, 0.1) is 0 Å². The minimum absolute atomic E-state index is 0.189. The van der Waals surface area contributed by atoms with Crippen LogP contribution < -0.4 is 5.32 Å². The van der Waals surface area contributed by atoms with Crippen LogP contribution in [-0.2, 0) is 18.4 Å². The van der Waals surface area contributed by atoms with Crippen molar-refractivity contribution in [1.82, 2.24) is 19.8 Å². The van der Waals surface area contributed by atoms with Gasteiger partial charge in [-0.2, -0.15) is 0 Å². The Kier molecular flexibility index (Phi) is 4.36. The van der Waals surface area contributed by atoms with Gasteiger partial charge < -0.3 is 14.8 Å². The minimum atomic E-state index is 0.189. The van der Waals surface area contributed by atoms with E-state index in [1.165, 1.54) is 0 Å². The van der Waals surface area contributed by atoms with Gasteiger partial charge in [0.15, 0.2) is 0 Å². The number of amides is 1. The van der Waals surface area contributed by atoms with Gasteiger partial charge in [-0.3, -0.25) is 4.79 Å². The van der Waals surface area contributed by atoms with E-state index in [9.17, 15) is 4.79 Å². The average molecular weight is 250 g/mol. The van der Waals surface area contributed by atoms with E-state index in [0.29, 0.717) is 19.1 Å². The molecule has 5 heteroatoms. The van der Waals surface area contributed by atoms with Gasteiger partial charge in [-0.15, -0.1) is 0 Å². The predicted molar refractivity (Wildman–Crippen MR) is 69.9 cm³/mol. The molecule has 1 fully saturated rings. The molecule has 0 aliphatic heterocycles. The van der Waals surface area contributed by atoms with Crippen molar-refractivity contribution < 1.29 is 4.79 Å². The fraction of sp³-hybridized carbons (Fsp3) is 0.692. The number of carbonyl (C=O) groups is 1. The molecule has 1 aliphatic rings. The largest absolute Gasteiger partial charge is 0.337 e. The topological polar surface area (TPSA) is 50.2 Å². The highest BCUT2D eigenvalue weighted by molar-refractivity contribution is 5.78. The van der Waals surface area contributed by atoms with Crippen molar-refractivity contribution in [2.45, 2.75) is 38.8 Å². The Morgan fingerprint density at radius 2 is 2.39 bits per heavy atom. The van der Waals surface area contributed by atoms with Crippen LogP contribution in [-0.4, -0.2) is 39.5 Å². The second-order valence-corrected chi connectivity index (χ2v) is 4.88. The quantitative estimate of drug-likeness (QED) is 0.732. The standard InChI is InChI=1S/C13H22N4O/c1-3-6-14-9-13(18)17(11-4-5-11)10-12-15-7-8-16(12)2/h7-8,11,14H,3-6,9-10H2,1-2H3. The Labute approximate surface area is 108 Å². The summed E-state index contributed by atoms with van der Waals surface area (Å²) in [5, 5.41) is 3.17. The number of hydrogen-bond acceptors (Lipinski definition) is 3. The van der Waals surface area contributed by atoms with Crippen LogP contribution in [0.15, 0.2) is 12.4 Å². The van der Waals surface area contributed by atoms with Crippen molar-refractivity contribution in [2.24, 2.45) is 7.05 Å². The maximum Gasteiger partial charge on any atom is 0.237 e. The SMILES string of the molecule is CCCNCC(=O)N(Cc1nccn1C)C1CC1. The summed E-state index contributed by atoms with van der Waals surface area (Å²) >= 11 is 0. The Morgan fingerprint density at radius 1 is 1.61 bits per heavy atom. The van der Waals surface area contributed by atoms with Crippen LogP contribution in [0.5, 0.6) is 0 Å². The molecule has 0 unspecified atom stereocenters. The molecule has 100 valence electrons. The Balaban J connectivity index is 1.91. The van der Waals surface area contributed by atoms with E-state index in [1.54, 1.807) is 6.20 Å². The first-order valence-electron chi connectivity index (χ1n) is 6.68. The second kappa shape index (κ2) is 6.00. The lowest BCUT2D eigenvalue weighted by Gasteiger charge is -2.22. The van der Waals surface area contributed by atoms with Gasteiger partial charge in [0, 0.05) is 25.5 Å². The summed E-state index contributed by atoms with van der Waals surface area (Å²) in [6.07, 6.45) is 7.00. The van der Waals surface area contributed by atoms with Crippen molar-refractivity contribution >= 4 is 5.91 Å². The summed E-state index contributed by atoms with van der Waals surface area (Å²) in [6, 6.07) is 0.428. The molecule has 1 aliphatic carbocycles. The normalized spacial score (nSPS) is 14.8. The number of carbonyl (C=O) groups excluding carboxylic acids is 1. The molecule has 18 heavy (non-hydrogen) atoms. The summed E-state index contributed by atoms with van der Waals surface area (Å²) in [7, 11) is 1.97. The zero-order chi connectivity index (χ0) is 13.0. The lowest BCUT2D eigenvalue weighted by Crippen LogP contribution is -2.39. The third-order valence-corrected chi connectivity index (χ3v) is 3.24. The van der Waals surface area contributed by atoms with Gasteiger partial charge in [0.25, 0.3) is 0 Å². The number of imidazole rings is 1. The van der Waals surface area contributed by atoms with Crippen molar-refractivity contribution in [1.29, 1.82) is 0 Å². The number of nitrogens with zero attached hydrogens (tertiary/aromatic N) is 3. The van der Waals surface area contributed by atoms with Gasteiger partial charge in [0.1, 0.15) is 5.82 Å². The third kappa shape index (κ3) is 3.32. The number of aryl methyl sites for hydroxylation is 1. The van der Waals surface area contributed by atoms with Crippen LogP contribution in [0.3, 0.4) is 0 Å². The Morgan fingerprint density at radius 3 is 2.94 bits per heavy atom. The molecule has 0 bridgehead atoms. The Bertz CT molecular complexity index is 397. The molecule has 0 spiro atoms. The predicted octanol–water partition coefficient (Wildman–Crippen LogP) is 0.911. The van der Waals surface area contributed by atoms with E-state index < -0.39 is 0 Å². The van der Waals surface area contributed by atoms with Crippen LogP contribution in [0.1, 0.15) is 32.0 Å². The first-order chi connectivity index (χ1) is 8.72. The number of hydrogen-bond donors (Lipinski definition) is 1. The molecule has 1 saturated carbocycles. The van der Waals surface area contributed by atoms with E-state index >= 15 is 0 Å². The van der Waals surface area contributed by atoms with E-state index in [2.05, 4.69) is 17.2 Å². The zero-order valence-corrected chi connectivity index (χ0v) is 11.2. The monoisotopic (exact) mass is 250 g/mol. The number of rotatable bonds is 7. The molecule has 1 aromatic rings. The van der Waals surface area contributed by atoms with Crippen molar-refractivity contribution in [3.63, 3.8) is 0 Å². The van der Waals surface area contributed by atoms with Crippen LogP contribution in [0.25, 0.3) is 0 Å². The fourth-order valence-electron chi connectivity index (χ4n) is 1.98. The second-order valence-electron chi connectivity index (χ2n) is 4.88. The summed E-state index contributed by atoms with van der Waals surface area (Å²) in [5.41, 5.74) is 0. The van der Waals surface area contributed by atoms with E-state index in [-0.39, 0.29) is 5.91 Å². The molecule has 2 rings (SSSR count). The van der Waals surface area contributed by atoms with Gasteiger partial charge in [-0.05, 0) is 25.8 Å². The van der Waals surface area contributed by atoms with E-state index in [1.807, 2.05) is 22.7 Å². The van der Waals surface area contributed by atoms with Gasteiger partial charge >= 0.3 is 0 Å². The summed E-state index contributed by atoms with van der Waals surface area (Å²) in [5.74, 6) is 1.14. The maximum absolute atomic E-state index is 12.2.